The number of aryl methyl sites for hydroxylation is 1. The minimum Gasteiger partial charge on any atom is -0.484 e. The van der Waals surface area contributed by atoms with Crippen LogP contribution in [0.4, 0.5) is 24.7 Å². The van der Waals surface area contributed by atoms with Gasteiger partial charge in [-0.15, -0.1) is 0 Å². The van der Waals surface area contributed by atoms with Gasteiger partial charge in [0.2, 0.25) is 0 Å². The molecule has 2 aromatic carbocycles. The highest BCUT2D eigenvalue weighted by Crippen LogP contribution is 2.30. The molecule has 2 N–H and O–H groups in total. The number of amides is 1. The second-order valence-electron chi connectivity index (χ2n) is 7.21. The highest BCUT2D eigenvalue weighted by molar-refractivity contribution is 5.95. The van der Waals surface area contributed by atoms with E-state index in [1.54, 1.807) is 6.07 Å². The maximum Gasteiger partial charge on any atom is 0.416 e. The van der Waals surface area contributed by atoms with E-state index in [0.29, 0.717) is 5.69 Å². The Morgan fingerprint density at radius 1 is 1.10 bits per heavy atom. The number of benzene rings is 2. The molecule has 0 unspecified atom stereocenters. The molecule has 0 radical (unpaired) electrons. The Labute approximate surface area is 172 Å². The highest BCUT2D eigenvalue weighted by atomic mass is 19.4. The first-order valence-electron chi connectivity index (χ1n) is 9.39. The summed E-state index contributed by atoms with van der Waals surface area (Å²) in [4.78, 5) is 16.7. The molecule has 0 aliphatic heterocycles. The molecular weight excluding hydrogens is 395 g/mol. The molecule has 1 aromatic heterocycles. The van der Waals surface area contributed by atoms with E-state index in [1.807, 2.05) is 39.0 Å². The molecule has 3 rings (SSSR count). The summed E-state index contributed by atoms with van der Waals surface area (Å²) < 4.78 is 43.0. The second-order valence-corrected chi connectivity index (χ2v) is 7.21. The topological polar surface area (TPSA) is 63.2 Å². The number of alkyl halides is 3. The predicted molar refractivity (Wildman–Crippen MR) is 111 cm³/mol. The normalized spacial score (nSPS) is 11.6. The quantitative estimate of drug-likeness (QED) is 0.564. The molecular formula is C22H22F3N3O2. The zero-order valence-corrected chi connectivity index (χ0v) is 16.8. The van der Waals surface area contributed by atoms with Crippen LogP contribution in [0.25, 0.3) is 10.9 Å². The van der Waals surface area contributed by atoms with Crippen LogP contribution in [0.15, 0.2) is 48.5 Å². The van der Waals surface area contributed by atoms with Crippen molar-refractivity contribution in [2.75, 3.05) is 17.2 Å². The molecule has 8 heteroatoms. The van der Waals surface area contributed by atoms with Gasteiger partial charge in [0.05, 0.1) is 11.1 Å². The number of pyridine rings is 1. The lowest BCUT2D eigenvalue weighted by molar-refractivity contribution is -0.137. The molecule has 158 valence electrons. The molecule has 0 spiro atoms. The smallest absolute Gasteiger partial charge is 0.416 e. The van der Waals surface area contributed by atoms with Gasteiger partial charge in [-0.3, -0.25) is 4.79 Å². The SMILES string of the molecule is Cc1cc(NC(C)C)nc2ccc(NC(=O)COc3ccc(C(F)(F)F)cc3)cc12. The molecule has 0 saturated heterocycles. The summed E-state index contributed by atoms with van der Waals surface area (Å²) in [5, 5.41) is 6.90. The van der Waals surface area contributed by atoms with Crippen LogP contribution in [0.3, 0.4) is 0 Å². The largest absolute Gasteiger partial charge is 0.484 e. The van der Waals surface area contributed by atoms with Gasteiger partial charge in [0.15, 0.2) is 6.61 Å². The van der Waals surface area contributed by atoms with E-state index in [4.69, 9.17) is 4.74 Å². The third kappa shape index (κ3) is 5.40. The van der Waals surface area contributed by atoms with Crippen LogP contribution in [-0.4, -0.2) is 23.5 Å². The predicted octanol–water partition coefficient (Wildman–Crippen LogP) is 5.40. The van der Waals surface area contributed by atoms with Crippen molar-refractivity contribution in [1.29, 1.82) is 0 Å². The third-order valence-corrected chi connectivity index (χ3v) is 4.29. The second kappa shape index (κ2) is 8.61. The number of rotatable bonds is 6. The fraction of sp³-hybridized carbons (Fsp3) is 0.273. The van der Waals surface area contributed by atoms with Gasteiger partial charge in [0, 0.05) is 17.1 Å². The fourth-order valence-electron chi connectivity index (χ4n) is 2.93. The summed E-state index contributed by atoms with van der Waals surface area (Å²) in [6.07, 6.45) is -4.41. The number of aromatic nitrogens is 1. The highest BCUT2D eigenvalue weighted by Gasteiger charge is 2.30. The Bertz CT molecular complexity index is 1050. The van der Waals surface area contributed by atoms with Crippen LogP contribution in [-0.2, 0) is 11.0 Å². The number of carbonyl (C=O) groups excluding carboxylic acids is 1. The van der Waals surface area contributed by atoms with Crippen molar-refractivity contribution in [3.63, 3.8) is 0 Å². The molecule has 1 heterocycles. The van der Waals surface area contributed by atoms with E-state index < -0.39 is 17.6 Å². The summed E-state index contributed by atoms with van der Waals surface area (Å²) in [6.45, 7) is 5.71. The molecule has 0 atom stereocenters. The van der Waals surface area contributed by atoms with Gasteiger partial charge in [-0.25, -0.2) is 4.98 Å². The Morgan fingerprint density at radius 2 is 1.80 bits per heavy atom. The Balaban J connectivity index is 1.64. The van der Waals surface area contributed by atoms with Crippen LogP contribution < -0.4 is 15.4 Å². The number of anilines is 2. The summed E-state index contributed by atoms with van der Waals surface area (Å²) in [5.74, 6) is 0.552. The number of fused-ring (bicyclic) bond motifs is 1. The van der Waals surface area contributed by atoms with Gasteiger partial charge in [-0.2, -0.15) is 13.2 Å². The molecule has 1 amide bonds. The molecule has 0 fully saturated rings. The number of hydrogen-bond donors (Lipinski definition) is 2. The Kier molecular flexibility index (Phi) is 6.14. The van der Waals surface area contributed by atoms with Crippen LogP contribution in [0.1, 0.15) is 25.0 Å². The first kappa shape index (κ1) is 21.4. The van der Waals surface area contributed by atoms with Crippen LogP contribution in [0, 0.1) is 6.92 Å². The van der Waals surface area contributed by atoms with E-state index >= 15 is 0 Å². The lowest BCUT2D eigenvalue weighted by atomic mass is 10.1. The van der Waals surface area contributed by atoms with Gasteiger partial charge in [0.1, 0.15) is 11.6 Å². The van der Waals surface area contributed by atoms with Crippen molar-refractivity contribution in [1.82, 2.24) is 4.98 Å². The lowest BCUT2D eigenvalue weighted by Gasteiger charge is -2.13. The lowest BCUT2D eigenvalue weighted by Crippen LogP contribution is -2.20. The van der Waals surface area contributed by atoms with Crippen LogP contribution in [0.5, 0.6) is 5.75 Å². The van der Waals surface area contributed by atoms with Crippen LogP contribution >= 0.6 is 0 Å². The number of hydrogen-bond acceptors (Lipinski definition) is 4. The van der Waals surface area contributed by atoms with Gasteiger partial charge in [0.25, 0.3) is 5.91 Å². The fourth-order valence-corrected chi connectivity index (χ4v) is 2.93. The number of nitrogens with zero attached hydrogens (tertiary/aromatic N) is 1. The first-order valence-corrected chi connectivity index (χ1v) is 9.39. The molecule has 3 aromatic rings. The minimum atomic E-state index is -4.41. The van der Waals surface area contributed by atoms with Crippen molar-refractivity contribution >= 4 is 28.3 Å². The van der Waals surface area contributed by atoms with Crippen molar-refractivity contribution in [2.24, 2.45) is 0 Å². The number of halogens is 3. The summed E-state index contributed by atoms with van der Waals surface area (Å²) in [6, 6.07) is 11.8. The van der Waals surface area contributed by atoms with E-state index in [9.17, 15) is 18.0 Å². The van der Waals surface area contributed by atoms with Gasteiger partial charge < -0.3 is 15.4 Å². The number of ether oxygens (including phenoxy) is 1. The van der Waals surface area contributed by atoms with E-state index in [-0.39, 0.29) is 18.4 Å². The zero-order chi connectivity index (χ0) is 21.9. The van der Waals surface area contributed by atoms with E-state index in [0.717, 1.165) is 34.4 Å². The van der Waals surface area contributed by atoms with Crippen LogP contribution in [0.2, 0.25) is 0 Å². The zero-order valence-electron chi connectivity index (χ0n) is 16.8. The summed E-state index contributed by atoms with van der Waals surface area (Å²) in [5.41, 5.74) is 1.63. The van der Waals surface area contributed by atoms with E-state index in [1.165, 1.54) is 12.1 Å². The maximum absolute atomic E-state index is 12.6. The van der Waals surface area contributed by atoms with Crippen molar-refractivity contribution in [2.45, 2.75) is 33.0 Å². The molecule has 0 saturated carbocycles. The van der Waals surface area contributed by atoms with E-state index in [2.05, 4.69) is 15.6 Å². The summed E-state index contributed by atoms with van der Waals surface area (Å²) >= 11 is 0. The molecule has 0 aliphatic carbocycles. The average Bonchev–Trinajstić information content (AvgIpc) is 2.66. The monoisotopic (exact) mass is 417 g/mol. The average molecular weight is 417 g/mol. The number of nitrogens with one attached hydrogen (secondary N) is 2. The first-order chi connectivity index (χ1) is 14.1. The van der Waals surface area contributed by atoms with Gasteiger partial charge >= 0.3 is 6.18 Å². The van der Waals surface area contributed by atoms with Crippen molar-refractivity contribution in [3.8, 4) is 5.75 Å². The van der Waals surface area contributed by atoms with Crippen molar-refractivity contribution < 1.29 is 22.7 Å². The minimum absolute atomic E-state index is 0.182. The summed E-state index contributed by atoms with van der Waals surface area (Å²) in [7, 11) is 0. The molecule has 0 aliphatic rings. The molecule has 0 bridgehead atoms. The number of carbonyl (C=O) groups is 1. The standard InChI is InChI=1S/C22H22F3N3O2/c1-13(2)26-20-10-14(3)18-11-16(6-9-19(18)28-20)27-21(29)12-30-17-7-4-15(5-8-17)22(23,24)25/h4-11,13H,12H2,1-3H3,(H,26,28)(H,27,29). The maximum atomic E-state index is 12.6. The van der Waals surface area contributed by atoms with Gasteiger partial charge in [-0.05, 0) is 74.9 Å². The molecule has 30 heavy (non-hydrogen) atoms. The van der Waals surface area contributed by atoms with Gasteiger partial charge in [-0.1, -0.05) is 0 Å². The Morgan fingerprint density at radius 3 is 2.43 bits per heavy atom. The Hall–Kier alpha value is -3.29. The molecule has 5 nitrogen and oxygen atoms in total. The van der Waals surface area contributed by atoms with Crippen molar-refractivity contribution in [3.05, 3.63) is 59.7 Å². The third-order valence-electron chi connectivity index (χ3n) is 4.29.